The number of hydrogen-bond donors (Lipinski definition) is 2. The van der Waals surface area contributed by atoms with Crippen molar-refractivity contribution in [2.75, 3.05) is 0 Å². The minimum Gasteiger partial charge on any atom is -1.00 e. The van der Waals surface area contributed by atoms with Crippen molar-refractivity contribution in [1.82, 2.24) is 12.3 Å². The molecule has 3 heteroatoms. The molecule has 0 radical (unpaired) electrons. The molecule has 0 bridgehead atoms. The van der Waals surface area contributed by atoms with Gasteiger partial charge in [-0.2, -0.15) is 0 Å². The summed E-state index contributed by atoms with van der Waals surface area (Å²) in [6, 6.07) is 0. The second-order valence-electron chi connectivity index (χ2n) is 0. The van der Waals surface area contributed by atoms with Crippen LogP contribution in [0.5, 0.6) is 0 Å². The lowest BCUT2D eigenvalue weighted by Crippen LogP contribution is -3.00. The van der Waals surface area contributed by atoms with Crippen LogP contribution in [-0.2, 0) is 0 Å². The maximum atomic E-state index is 0. The molecule has 0 heterocycles. The first-order valence-corrected chi connectivity index (χ1v) is 0. The molecule has 0 aliphatic heterocycles. The Morgan fingerprint density at radius 2 is 1.00 bits per heavy atom. The molecule has 0 fully saturated rings. The molecule has 0 aromatic heterocycles. The van der Waals surface area contributed by atoms with Gasteiger partial charge in [-0.05, 0) is 0 Å². The number of quaternary nitrogens is 1. The average Bonchev–Trinajstić information content (AvgIpc) is 0. The van der Waals surface area contributed by atoms with Crippen LogP contribution in [0.2, 0.25) is 0 Å². The molecule has 0 amide bonds. The Labute approximate surface area is 33.2 Å². The van der Waals surface area contributed by atoms with Gasteiger partial charge in [0.05, 0.1) is 0 Å². The molecule has 0 aliphatic rings. The predicted octanol–water partition coefficient (Wildman–Crippen LogP) is -1.82. The zero-order valence-electron chi connectivity index (χ0n) is 2.09. The summed E-state index contributed by atoms with van der Waals surface area (Å²) >= 11 is 0. The van der Waals surface area contributed by atoms with Gasteiger partial charge >= 0.3 is 0 Å². The molecular formula is CH11ClN2. The van der Waals surface area contributed by atoms with Crippen LogP contribution < -0.4 is 24.7 Å². The lowest BCUT2D eigenvalue weighted by Gasteiger charge is -1.00. The highest BCUT2D eigenvalue weighted by molar-refractivity contribution is 2.50. The molecule has 0 saturated carbocycles. The fraction of sp³-hybridized carbons (Fsp3) is 1.00. The maximum absolute atomic E-state index is 0. The topological polar surface area (TPSA) is 71.5 Å². The SMILES string of the molecule is C.N.[Cl-].[NH4+]. The van der Waals surface area contributed by atoms with Gasteiger partial charge in [-0.15, -0.1) is 0 Å². The summed E-state index contributed by atoms with van der Waals surface area (Å²) < 4.78 is 0. The molecule has 32 valence electrons. The van der Waals surface area contributed by atoms with Crippen molar-refractivity contribution in [1.29, 1.82) is 0 Å². The third-order valence-corrected chi connectivity index (χ3v) is 0. The quantitative estimate of drug-likeness (QED) is 0.358. The fourth-order valence-corrected chi connectivity index (χ4v) is 0. The Morgan fingerprint density at radius 3 is 1.00 bits per heavy atom. The fourth-order valence-electron chi connectivity index (χ4n) is 0. The Bertz CT molecular complexity index is 6.00. The van der Waals surface area contributed by atoms with E-state index in [0.29, 0.717) is 0 Å². The number of hydrogen-bond acceptors (Lipinski definition) is 1. The highest BCUT2D eigenvalue weighted by Gasteiger charge is -0.0775. The van der Waals surface area contributed by atoms with E-state index in [0.717, 1.165) is 0 Å². The Kier molecular flexibility index (Phi) is 87400. The van der Waals surface area contributed by atoms with Crippen LogP contribution in [0.15, 0.2) is 0 Å². The van der Waals surface area contributed by atoms with E-state index in [1.807, 2.05) is 0 Å². The molecule has 0 atom stereocenters. The Morgan fingerprint density at radius 1 is 1.00 bits per heavy atom. The van der Waals surface area contributed by atoms with Gasteiger partial charge in [0.15, 0.2) is 0 Å². The average molecular weight is 86.6 g/mol. The van der Waals surface area contributed by atoms with Crippen LogP contribution in [0, 0.1) is 0 Å². The van der Waals surface area contributed by atoms with E-state index in [1.54, 1.807) is 0 Å². The molecule has 2 nitrogen and oxygen atoms in total. The normalized spacial score (nSPS) is 0. The van der Waals surface area contributed by atoms with Crippen molar-refractivity contribution in [3.05, 3.63) is 0 Å². The highest BCUT2D eigenvalue weighted by Crippen LogP contribution is 0.144. The molecule has 7 N–H and O–H groups in total. The summed E-state index contributed by atoms with van der Waals surface area (Å²) in [5.41, 5.74) is 0. The van der Waals surface area contributed by atoms with Crippen molar-refractivity contribution < 1.29 is 12.4 Å². The zero-order valence-corrected chi connectivity index (χ0v) is 2.84. The Balaban J connectivity index is 0. The molecule has 4 heavy (non-hydrogen) atoms. The Hall–Kier alpha value is 0.210. The van der Waals surface area contributed by atoms with Crippen LogP contribution in [0.1, 0.15) is 7.43 Å². The van der Waals surface area contributed by atoms with Gasteiger partial charge < -0.3 is 24.7 Å². The molecular weight excluding hydrogens is 75.5 g/mol. The predicted molar refractivity (Wildman–Crippen MR) is 17.7 cm³/mol. The van der Waals surface area contributed by atoms with E-state index in [-0.39, 0.29) is 32.1 Å². The van der Waals surface area contributed by atoms with Crippen LogP contribution in [0.25, 0.3) is 0 Å². The first kappa shape index (κ1) is 984. The standard InChI is InChI=1S/CH4.ClH.2H3N/h1H4;1H;2*1H3. The molecule has 0 aliphatic carbocycles. The van der Waals surface area contributed by atoms with Gasteiger partial charge in [-0.3, -0.25) is 0 Å². The van der Waals surface area contributed by atoms with E-state index in [4.69, 9.17) is 0 Å². The minimum absolute atomic E-state index is 0. The van der Waals surface area contributed by atoms with Gasteiger partial charge in [-0.1, -0.05) is 7.43 Å². The molecule has 0 rings (SSSR count). The summed E-state index contributed by atoms with van der Waals surface area (Å²) in [7, 11) is 0. The van der Waals surface area contributed by atoms with Gasteiger partial charge in [0.1, 0.15) is 0 Å². The smallest absolute Gasteiger partial charge is 0.0776 e. The number of halogens is 1. The molecule has 0 aromatic rings. The molecule has 0 spiro atoms. The number of rotatable bonds is 0. The second-order valence-corrected chi connectivity index (χ2v) is 0. The summed E-state index contributed by atoms with van der Waals surface area (Å²) in [6.45, 7) is 0. The van der Waals surface area contributed by atoms with Crippen molar-refractivity contribution in [3.63, 3.8) is 0 Å². The first-order chi connectivity index (χ1) is 0. The molecule has 0 saturated heterocycles. The van der Waals surface area contributed by atoms with E-state index < -0.39 is 0 Å². The lowest BCUT2D eigenvalue weighted by molar-refractivity contribution is -0.00000134. The van der Waals surface area contributed by atoms with E-state index in [2.05, 4.69) is 0 Å². The largest absolute Gasteiger partial charge is 1.00 e. The van der Waals surface area contributed by atoms with Crippen molar-refractivity contribution >= 4 is 0 Å². The lowest BCUT2D eigenvalue weighted by atomic mass is 12.0. The van der Waals surface area contributed by atoms with Crippen LogP contribution in [0.4, 0.5) is 0 Å². The van der Waals surface area contributed by atoms with Gasteiger partial charge in [-0.25, -0.2) is 0 Å². The van der Waals surface area contributed by atoms with E-state index in [1.165, 1.54) is 0 Å². The van der Waals surface area contributed by atoms with Crippen LogP contribution >= 0.6 is 0 Å². The minimum atomic E-state index is 0. The molecule has 0 unspecified atom stereocenters. The summed E-state index contributed by atoms with van der Waals surface area (Å²) in [6.07, 6.45) is 0. The summed E-state index contributed by atoms with van der Waals surface area (Å²) in [4.78, 5) is 0. The van der Waals surface area contributed by atoms with Crippen molar-refractivity contribution in [2.24, 2.45) is 0 Å². The maximum Gasteiger partial charge on any atom is -0.0776 e. The monoisotopic (exact) mass is 86.1 g/mol. The zero-order chi connectivity index (χ0) is 0. The van der Waals surface area contributed by atoms with Gasteiger partial charge in [0.25, 0.3) is 0 Å². The van der Waals surface area contributed by atoms with E-state index in [9.17, 15) is 0 Å². The third-order valence-electron chi connectivity index (χ3n) is 0. The summed E-state index contributed by atoms with van der Waals surface area (Å²) in [5, 5.41) is 0. The molecule has 0 aromatic carbocycles. The van der Waals surface area contributed by atoms with Crippen LogP contribution in [0.3, 0.4) is 0 Å². The van der Waals surface area contributed by atoms with Crippen LogP contribution in [-0.4, -0.2) is 0 Å². The second kappa shape index (κ2) is 356. The first-order valence-electron chi connectivity index (χ1n) is 0. The third kappa shape index (κ3) is 73.4. The van der Waals surface area contributed by atoms with Gasteiger partial charge in [0, 0.05) is 0 Å². The van der Waals surface area contributed by atoms with Crippen molar-refractivity contribution in [2.45, 2.75) is 7.43 Å². The highest BCUT2D eigenvalue weighted by atomic mass is 35.5. The summed E-state index contributed by atoms with van der Waals surface area (Å²) in [5.74, 6) is 0. The van der Waals surface area contributed by atoms with Crippen molar-refractivity contribution in [3.8, 4) is 0 Å². The van der Waals surface area contributed by atoms with Gasteiger partial charge in [0.2, 0.25) is 0 Å². The van der Waals surface area contributed by atoms with E-state index >= 15 is 0 Å².